The normalized spacial score (nSPS) is 20.8. The Kier molecular flexibility index (Phi) is 5.54. The maximum absolute atomic E-state index is 13.0. The molecule has 2 aromatic rings. The standard InChI is InChI=1S/C25H30N2O3/c1-15-11-17(3)22-14-27(25(29)21(22)12-15)20-9-6-18(7-10-20)24(28)26-19-8-5-16(2)23(13-19)30-4/h5,8,11-13,18,20H,6-7,9-10,14H2,1-4H3,(H,26,28). The predicted molar refractivity (Wildman–Crippen MR) is 118 cm³/mol. The minimum absolute atomic E-state index is 0.0161. The Morgan fingerprint density at radius 1 is 1.03 bits per heavy atom. The van der Waals surface area contributed by atoms with Crippen LogP contribution in [-0.2, 0) is 11.3 Å². The van der Waals surface area contributed by atoms with E-state index in [1.807, 2.05) is 43.0 Å². The van der Waals surface area contributed by atoms with E-state index < -0.39 is 0 Å². The number of hydrogen-bond acceptors (Lipinski definition) is 3. The highest BCUT2D eigenvalue weighted by Crippen LogP contribution is 2.35. The van der Waals surface area contributed by atoms with Crippen LogP contribution in [0.1, 0.15) is 58.3 Å². The van der Waals surface area contributed by atoms with E-state index in [9.17, 15) is 9.59 Å². The lowest BCUT2D eigenvalue weighted by Crippen LogP contribution is -2.40. The van der Waals surface area contributed by atoms with Gasteiger partial charge in [0.15, 0.2) is 0 Å². The lowest BCUT2D eigenvalue weighted by atomic mass is 9.84. The first-order chi connectivity index (χ1) is 14.4. The van der Waals surface area contributed by atoms with E-state index in [4.69, 9.17) is 4.74 Å². The fourth-order valence-electron chi connectivity index (χ4n) is 4.88. The molecular weight excluding hydrogens is 376 g/mol. The molecule has 0 radical (unpaired) electrons. The van der Waals surface area contributed by atoms with E-state index in [1.165, 1.54) is 11.1 Å². The Morgan fingerprint density at radius 2 is 1.77 bits per heavy atom. The summed E-state index contributed by atoms with van der Waals surface area (Å²) in [5.41, 5.74) is 6.16. The number of fused-ring (bicyclic) bond motifs is 1. The molecule has 0 atom stereocenters. The molecule has 1 aliphatic carbocycles. The number of aryl methyl sites for hydroxylation is 3. The highest BCUT2D eigenvalue weighted by atomic mass is 16.5. The molecule has 5 nitrogen and oxygen atoms in total. The molecule has 4 rings (SSSR count). The summed E-state index contributed by atoms with van der Waals surface area (Å²) in [7, 11) is 1.63. The summed E-state index contributed by atoms with van der Waals surface area (Å²) in [5.74, 6) is 0.963. The molecule has 1 saturated carbocycles. The van der Waals surface area contributed by atoms with Gasteiger partial charge in [0.05, 0.1) is 7.11 Å². The van der Waals surface area contributed by atoms with Crippen molar-refractivity contribution in [2.75, 3.05) is 12.4 Å². The second-order valence-electron chi connectivity index (χ2n) is 8.72. The molecule has 0 unspecified atom stereocenters. The van der Waals surface area contributed by atoms with Gasteiger partial charge < -0.3 is 15.0 Å². The number of rotatable bonds is 4. The third kappa shape index (κ3) is 3.81. The molecule has 1 aliphatic heterocycles. The third-order valence-corrected chi connectivity index (χ3v) is 6.62. The van der Waals surface area contributed by atoms with Crippen LogP contribution >= 0.6 is 0 Å². The highest BCUT2D eigenvalue weighted by molar-refractivity contribution is 5.99. The molecular formula is C25H30N2O3. The summed E-state index contributed by atoms with van der Waals surface area (Å²) in [6, 6.07) is 10.1. The largest absolute Gasteiger partial charge is 0.496 e. The Morgan fingerprint density at radius 3 is 2.47 bits per heavy atom. The van der Waals surface area contributed by atoms with Crippen LogP contribution in [0, 0.1) is 26.7 Å². The maximum Gasteiger partial charge on any atom is 0.254 e. The van der Waals surface area contributed by atoms with Gasteiger partial charge in [-0.1, -0.05) is 17.7 Å². The van der Waals surface area contributed by atoms with Gasteiger partial charge in [-0.2, -0.15) is 0 Å². The summed E-state index contributed by atoms with van der Waals surface area (Å²) in [6.07, 6.45) is 3.34. The van der Waals surface area contributed by atoms with E-state index in [0.29, 0.717) is 6.54 Å². The summed E-state index contributed by atoms with van der Waals surface area (Å²) >= 11 is 0. The lowest BCUT2D eigenvalue weighted by Gasteiger charge is -2.34. The second-order valence-corrected chi connectivity index (χ2v) is 8.72. The van der Waals surface area contributed by atoms with Crippen molar-refractivity contribution in [2.24, 2.45) is 5.92 Å². The van der Waals surface area contributed by atoms with Crippen molar-refractivity contribution >= 4 is 17.5 Å². The zero-order valence-corrected chi connectivity index (χ0v) is 18.2. The summed E-state index contributed by atoms with van der Waals surface area (Å²) in [6.45, 7) is 6.80. The van der Waals surface area contributed by atoms with Gasteiger partial charge in [-0.3, -0.25) is 9.59 Å². The summed E-state index contributed by atoms with van der Waals surface area (Å²) in [5, 5.41) is 3.04. The Labute approximate surface area is 178 Å². The van der Waals surface area contributed by atoms with Crippen LogP contribution in [0.2, 0.25) is 0 Å². The number of nitrogens with zero attached hydrogens (tertiary/aromatic N) is 1. The quantitative estimate of drug-likeness (QED) is 0.795. The number of nitrogens with one attached hydrogen (secondary N) is 1. The number of carbonyl (C=O) groups excluding carboxylic acids is 2. The van der Waals surface area contributed by atoms with Gasteiger partial charge in [0, 0.05) is 35.8 Å². The minimum Gasteiger partial charge on any atom is -0.496 e. The van der Waals surface area contributed by atoms with Gasteiger partial charge in [-0.15, -0.1) is 0 Å². The number of ether oxygens (including phenoxy) is 1. The van der Waals surface area contributed by atoms with E-state index in [1.54, 1.807) is 7.11 Å². The minimum atomic E-state index is -0.0161. The molecule has 0 spiro atoms. The van der Waals surface area contributed by atoms with Crippen LogP contribution < -0.4 is 10.1 Å². The molecule has 0 aromatic heterocycles. The molecule has 2 aliphatic rings. The molecule has 0 bridgehead atoms. The van der Waals surface area contributed by atoms with Gasteiger partial charge in [-0.25, -0.2) is 0 Å². The van der Waals surface area contributed by atoms with Gasteiger partial charge >= 0.3 is 0 Å². The van der Waals surface area contributed by atoms with Gasteiger partial charge in [0.2, 0.25) is 5.91 Å². The molecule has 1 fully saturated rings. The highest BCUT2D eigenvalue weighted by Gasteiger charge is 2.36. The second kappa shape index (κ2) is 8.13. The average molecular weight is 407 g/mol. The van der Waals surface area contributed by atoms with Crippen molar-refractivity contribution in [1.82, 2.24) is 4.90 Å². The van der Waals surface area contributed by atoms with E-state index in [0.717, 1.165) is 53.8 Å². The van der Waals surface area contributed by atoms with Crippen molar-refractivity contribution < 1.29 is 14.3 Å². The Bertz CT molecular complexity index is 990. The molecule has 2 aromatic carbocycles. The zero-order valence-electron chi connectivity index (χ0n) is 18.2. The van der Waals surface area contributed by atoms with Gasteiger partial charge in [0.1, 0.15) is 5.75 Å². The molecule has 30 heavy (non-hydrogen) atoms. The van der Waals surface area contributed by atoms with Crippen LogP contribution in [0.5, 0.6) is 5.75 Å². The number of methoxy groups -OCH3 is 1. The smallest absolute Gasteiger partial charge is 0.254 e. The van der Waals surface area contributed by atoms with Crippen molar-refractivity contribution in [2.45, 2.75) is 59.0 Å². The summed E-state index contributed by atoms with van der Waals surface area (Å²) < 4.78 is 5.35. The van der Waals surface area contributed by atoms with Crippen molar-refractivity contribution in [3.8, 4) is 5.75 Å². The van der Waals surface area contributed by atoms with Crippen LogP contribution in [0.3, 0.4) is 0 Å². The fraction of sp³-hybridized carbons (Fsp3) is 0.440. The molecule has 2 amide bonds. The van der Waals surface area contributed by atoms with Gasteiger partial charge in [-0.05, 0) is 75.3 Å². The molecule has 158 valence electrons. The Balaban J connectivity index is 1.37. The maximum atomic E-state index is 13.0. The van der Waals surface area contributed by atoms with Crippen molar-refractivity contribution in [3.63, 3.8) is 0 Å². The number of hydrogen-bond donors (Lipinski definition) is 1. The molecule has 1 N–H and O–H groups in total. The number of amides is 2. The van der Waals surface area contributed by atoms with Gasteiger partial charge in [0.25, 0.3) is 5.91 Å². The summed E-state index contributed by atoms with van der Waals surface area (Å²) in [4.78, 5) is 27.8. The Hall–Kier alpha value is -2.82. The number of carbonyl (C=O) groups is 2. The first kappa shape index (κ1) is 20.5. The van der Waals surface area contributed by atoms with Crippen LogP contribution in [0.4, 0.5) is 5.69 Å². The van der Waals surface area contributed by atoms with E-state index >= 15 is 0 Å². The third-order valence-electron chi connectivity index (χ3n) is 6.62. The topological polar surface area (TPSA) is 58.6 Å². The predicted octanol–water partition coefficient (Wildman–Crippen LogP) is 4.77. The fourth-order valence-corrected chi connectivity index (χ4v) is 4.88. The first-order valence-electron chi connectivity index (χ1n) is 10.7. The van der Waals surface area contributed by atoms with E-state index in [-0.39, 0.29) is 23.8 Å². The van der Waals surface area contributed by atoms with E-state index in [2.05, 4.69) is 18.3 Å². The SMILES string of the molecule is COc1cc(NC(=O)C2CCC(N3Cc4c(C)cc(C)cc4C3=O)CC2)ccc1C. The van der Waals surface area contributed by atoms with Crippen LogP contribution in [0.25, 0.3) is 0 Å². The number of benzene rings is 2. The molecule has 5 heteroatoms. The monoisotopic (exact) mass is 406 g/mol. The zero-order chi connectivity index (χ0) is 21.4. The van der Waals surface area contributed by atoms with Crippen LogP contribution in [0.15, 0.2) is 30.3 Å². The van der Waals surface area contributed by atoms with Crippen molar-refractivity contribution in [3.05, 3.63) is 58.1 Å². The van der Waals surface area contributed by atoms with Crippen LogP contribution in [-0.4, -0.2) is 29.9 Å². The molecule has 1 heterocycles. The molecule has 0 saturated heterocycles. The van der Waals surface area contributed by atoms with Crippen molar-refractivity contribution in [1.29, 1.82) is 0 Å². The average Bonchev–Trinajstić information content (AvgIpc) is 3.06. The first-order valence-corrected chi connectivity index (χ1v) is 10.7. The lowest BCUT2D eigenvalue weighted by molar-refractivity contribution is -0.121. The number of anilines is 1.